The predicted molar refractivity (Wildman–Crippen MR) is 129 cm³/mol. The van der Waals surface area contributed by atoms with Crippen LogP contribution < -0.4 is 16.0 Å². The second-order valence-electron chi connectivity index (χ2n) is 9.04. The first-order chi connectivity index (χ1) is 15.5. The third-order valence-corrected chi connectivity index (χ3v) is 5.26. The zero-order valence-corrected chi connectivity index (χ0v) is 19.5. The summed E-state index contributed by atoms with van der Waals surface area (Å²) in [4.78, 5) is 4.62. The van der Waals surface area contributed by atoms with E-state index in [9.17, 15) is 13.2 Å². The van der Waals surface area contributed by atoms with Crippen molar-refractivity contribution in [3.63, 3.8) is 0 Å². The lowest BCUT2D eigenvalue weighted by molar-refractivity contribution is -0.138. The molecule has 2 aromatic rings. The molecule has 7 heteroatoms. The molecule has 1 unspecified atom stereocenters. The third kappa shape index (κ3) is 5.97. The van der Waals surface area contributed by atoms with Crippen LogP contribution in [0.2, 0.25) is 0 Å². The normalized spacial score (nSPS) is 16.4. The molecule has 1 heterocycles. The highest BCUT2D eigenvalue weighted by Gasteiger charge is 2.36. The van der Waals surface area contributed by atoms with Crippen LogP contribution in [-0.4, -0.2) is 12.4 Å². The van der Waals surface area contributed by atoms with Gasteiger partial charge in [-0.3, -0.25) is 0 Å². The lowest BCUT2D eigenvalue weighted by atomic mass is 9.91. The topological polar surface area (TPSA) is 48.5 Å². The Morgan fingerprint density at radius 3 is 2.42 bits per heavy atom. The van der Waals surface area contributed by atoms with Crippen LogP contribution in [0.4, 0.5) is 18.9 Å². The quantitative estimate of drug-likeness (QED) is 0.429. The van der Waals surface area contributed by atoms with Gasteiger partial charge < -0.3 is 16.0 Å². The highest BCUT2D eigenvalue weighted by Crippen LogP contribution is 2.38. The molecule has 33 heavy (non-hydrogen) atoms. The van der Waals surface area contributed by atoms with E-state index in [0.29, 0.717) is 17.2 Å². The van der Waals surface area contributed by atoms with Crippen LogP contribution in [0.1, 0.15) is 57.0 Å². The molecule has 3 N–H and O–H groups in total. The van der Waals surface area contributed by atoms with E-state index < -0.39 is 17.9 Å². The maximum atomic E-state index is 13.6. The minimum Gasteiger partial charge on any atom is -0.388 e. The van der Waals surface area contributed by atoms with Gasteiger partial charge in [-0.1, -0.05) is 64.6 Å². The number of nitrogens with zero attached hydrogens (tertiary/aromatic N) is 1. The van der Waals surface area contributed by atoms with Crippen LogP contribution >= 0.6 is 0 Å². The Morgan fingerprint density at radius 2 is 1.76 bits per heavy atom. The largest absolute Gasteiger partial charge is 0.416 e. The zero-order valence-electron chi connectivity index (χ0n) is 19.5. The Kier molecular flexibility index (Phi) is 7.20. The van der Waals surface area contributed by atoms with Gasteiger partial charge in [-0.2, -0.15) is 13.2 Å². The van der Waals surface area contributed by atoms with Crippen molar-refractivity contribution >= 4 is 11.5 Å². The highest BCUT2D eigenvalue weighted by molar-refractivity contribution is 6.05. The average Bonchev–Trinajstić information content (AvgIpc) is 2.75. The summed E-state index contributed by atoms with van der Waals surface area (Å²) in [6.07, 6.45) is -2.45. The molecule has 0 fully saturated rings. The minimum atomic E-state index is -4.47. The Balaban J connectivity index is 1.98. The van der Waals surface area contributed by atoms with E-state index >= 15 is 0 Å². The van der Waals surface area contributed by atoms with Crippen LogP contribution in [0.5, 0.6) is 0 Å². The molecule has 2 aromatic carbocycles. The summed E-state index contributed by atoms with van der Waals surface area (Å²) in [5, 5.41) is 9.81. The van der Waals surface area contributed by atoms with Crippen molar-refractivity contribution in [3.8, 4) is 0 Å². The van der Waals surface area contributed by atoms with Crippen molar-refractivity contribution < 1.29 is 13.2 Å². The van der Waals surface area contributed by atoms with Crippen LogP contribution in [0.25, 0.3) is 0 Å². The van der Waals surface area contributed by atoms with Gasteiger partial charge in [-0.15, -0.1) is 0 Å². The van der Waals surface area contributed by atoms with Gasteiger partial charge in [0.1, 0.15) is 12.0 Å². The van der Waals surface area contributed by atoms with E-state index in [1.54, 1.807) is 6.07 Å². The van der Waals surface area contributed by atoms with Gasteiger partial charge in [-0.25, -0.2) is 4.99 Å². The number of hydrogen-bond acceptors (Lipinski definition) is 4. The van der Waals surface area contributed by atoms with E-state index in [0.717, 1.165) is 30.3 Å². The van der Waals surface area contributed by atoms with Gasteiger partial charge in [0, 0.05) is 40.2 Å². The number of aliphatic imine (C=N–C) groups is 1. The number of halogens is 3. The van der Waals surface area contributed by atoms with Crippen LogP contribution in [0.15, 0.2) is 77.6 Å². The molecule has 1 aliphatic rings. The van der Waals surface area contributed by atoms with E-state index in [1.807, 2.05) is 30.3 Å². The zero-order chi connectivity index (χ0) is 24.2. The summed E-state index contributed by atoms with van der Waals surface area (Å²) < 4.78 is 40.9. The fraction of sp³-hybridized carbons (Fsp3) is 0.346. The smallest absolute Gasteiger partial charge is 0.388 e. The monoisotopic (exact) mass is 456 g/mol. The van der Waals surface area contributed by atoms with Gasteiger partial charge in [0.2, 0.25) is 0 Å². The summed E-state index contributed by atoms with van der Waals surface area (Å²) >= 11 is 0. The summed E-state index contributed by atoms with van der Waals surface area (Å²) in [6.45, 7) is 13.4. The molecular formula is C26H31F3N4. The van der Waals surface area contributed by atoms with Crippen molar-refractivity contribution in [2.45, 2.75) is 46.5 Å². The highest BCUT2D eigenvalue weighted by atomic mass is 19.4. The number of alkyl halides is 3. The van der Waals surface area contributed by atoms with Gasteiger partial charge in [-0.05, 0) is 30.7 Å². The fourth-order valence-electron chi connectivity index (χ4n) is 3.59. The number of fused-ring (bicyclic) bond motifs is 1. The number of amidine groups is 1. The predicted octanol–water partition coefficient (Wildman–Crippen LogP) is 6.61. The van der Waals surface area contributed by atoms with Crippen molar-refractivity contribution in [3.05, 3.63) is 89.3 Å². The molecule has 1 aliphatic heterocycles. The average molecular weight is 457 g/mol. The van der Waals surface area contributed by atoms with E-state index in [1.165, 1.54) is 12.1 Å². The Morgan fingerprint density at radius 1 is 1.09 bits per heavy atom. The van der Waals surface area contributed by atoms with Gasteiger partial charge in [0.05, 0.1) is 5.56 Å². The molecule has 0 saturated carbocycles. The van der Waals surface area contributed by atoms with E-state index in [2.05, 4.69) is 55.2 Å². The third-order valence-electron chi connectivity index (χ3n) is 5.26. The molecule has 3 rings (SSSR count). The maximum Gasteiger partial charge on any atom is 0.416 e. The number of allylic oxidation sites excluding steroid dienone is 2. The molecule has 0 radical (unpaired) electrons. The number of rotatable bonds is 6. The summed E-state index contributed by atoms with van der Waals surface area (Å²) in [7, 11) is 0. The SMILES string of the molecule is C=C(/C=C(\NCCC)C(C)(C)C)NC1=NC(c2ccccc2C(F)(F)F)Nc2ccccc21. The molecule has 1 atom stereocenters. The minimum absolute atomic E-state index is 0.0694. The second kappa shape index (κ2) is 9.73. The molecule has 0 amide bonds. The molecule has 0 saturated heterocycles. The molecular weight excluding hydrogens is 425 g/mol. The van der Waals surface area contributed by atoms with Gasteiger partial charge in [0.15, 0.2) is 0 Å². The maximum absolute atomic E-state index is 13.6. The fourth-order valence-corrected chi connectivity index (χ4v) is 3.59. The lowest BCUT2D eigenvalue weighted by Crippen LogP contribution is -2.31. The molecule has 0 spiro atoms. The first kappa shape index (κ1) is 24.4. The van der Waals surface area contributed by atoms with Crippen LogP contribution in [0.3, 0.4) is 0 Å². The van der Waals surface area contributed by atoms with E-state index in [-0.39, 0.29) is 11.0 Å². The second-order valence-corrected chi connectivity index (χ2v) is 9.04. The number of hydrogen-bond donors (Lipinski definition) is 3. The summed E-state index contributed by atoms with van der Waals surface area (Å²) in [5.41, 5.74) is 2.33. The molecule has 0 bridgehead atoms. The van der Waals surface area contributed by atoms with Crippen LogP contribution in [-0.2, 0) is 6.18 Å². The Bertz CT molecular complexity index is 1060. The summed E-state index contributed by atoms with van der Waals surface area (Å²) in [5.74, 6) is 0.469. The summed E-state index contributed by atoms with van der Waals surface area (Å²) in [6, 6.07) is 12.9. The molecule has 4 nitrogen and oxygen atoms in total. The van der Waals surface area contributed by atoms with Crippen molar-refractivity contribution in [2.24, 2.45) is 10.4 Å². The Labute approximate surface area is 193 Å². The number of para-hydroxylation sites is 1. The van der Waals surface area contributed by atoms with Crippen molar-refractivity contribution in [1.29, 1.82) is 0 Å². The van der Waals surface area contributed by atoms with Crippen LogP contribution in [0, 0.1) is 5.41 Å². The van der Waals surface area contributed by atoms with Crippen molar-refractivity contribution in [1.82, 2.24) is 10.6 Å². The standard InChI is InChI=1S/C26H31F3N4/c1-6-15-30-22(25(3,4)5)16-17(2)31-24-19-12-8-10-14-21(19)32-23(33-24)18-11-7-9-13-20(18)26(27,28)29/h7-14,16,23,30,32H,2,6,15H2,1,3-5H3,(H,31,33)/b22-16-. The first-order valence-corrected chi connectivity index (χ1v) is 11.0. The molecule has 176 valence electrons. The Hall–Kier alpha value is -3.22. The van der Waals surface area contributed by atoms with Gasteiger partial charge >= 0.3 is 6.18 Å². The molecule has 0 aliphatic carbocycles. The van der Waals surface area contributed by atoms with Gasteiger partial charge in [0.25, 0.3) is 0 Å². The number of nitrogens with one attached hydrogen (secondary N) is 3. The first-order valence-electron chi connectivity index (χ1n) is 11.0. The van der Waals surface area contributed by atoms with Crippen molar-refractivity contribution in [2.75, 3.05) is 11.9 Å². The number of benzene rings is 2. The molecule has 0 aromatic heterocycles. The van der Waals surface area contributed by atoms with E-state index in [4.69, 9.17) is 0 Å². The lowest BCUT2D eigenvalue weighted by Gasteiger charge is -2.29. The number of anilines is 1.